The molecule has 4 nitrogen and oxygen atoms in total. The van der Waals surface area contributed by atoms with Crippen LogP contribution < -0.4 is 10.6 Å². The van der Waals surface area contributed by atoms with Crippen LogP contribution >= 0.6 is 0 Å². The lowest BCUT2D eigenvalue weighted by Gasteiger charge is -2.06. The number of amides is 2. The summed E-state index contributed by atoms with van der Waals surface area (Å²) in [6, 6.07) is 8.96. The van der Waals surface area contributed by atoms with Gasteiger partial charge in [0, 0.05) is 12.2 Å². The number of unbranched alkanes of at least 4 members (excludes halogenated alkanes) is 4. The molecule has 1 aromatic rings. The van der Waals surface area contributed by atoms with Gasteiger partial charge < -0.3 is 10.6 Å². The number of benzene rings is 1. The predicted molar refractivity (Wildman–Crippen MR) is 76.8 cm³/mol. The molecule has 0 aromatic heterocycles. The van der Waals surface area contributed by atoms with Gasteiger partial charge in [-0.05, 0) is 18.6 Å². The van der Waals surface area contributed by atoms with E-state index in [0.717, 1.165) is 12.8 Å². The first kappa shape index (κ1) is 15.2. The maximum absolute atomic E-state index is 11.6. The molecule has 2 amide bonds. The largest absolute Gasteiger partial charge is 0.348 e. The van der Waals surface area contributed by atoms with E-state index in [0.29, 0.717) is 12.2 Å². The van der Waals surface area contributed by atoms with Crippen LogP contribution in [0, 0.1) is 0 Å². The summed E-state index contributed by atoms with van der Waals surface area (Å²) in [5.74, 6) is -1.18. The van der Waals surface area contributed by atoms with Crippen molar-refractivity contribution in [2.75, 3.05) is 11.9 Å². The quantitative estimate of drug-likeness (QED) is 0.586. The van der Waals surface area contributed by atoms with Crippen LogP contribution in [0.1, 0.15) is 39.0 Å². The fourth-order valence-electron chi connectivity index (χ4n) is 1.72. The normalized spacial score (nSPS) is 9.95. The second-order valence-corrected chi connectivity index (χ2v) is 4.49. The molecule has 2 N–H and O–H groups in total. The zero-order valence-corrected chi connectivity index (χ0v) is 11.4. The Kier molecular flexibility index (Phi) is 7.32. The summed E-state index contributed by atoms with van der Waals surface area (Å²) in [4.78, 5) is 23.1. The van der Waals surface area contributed by atoms with E-state index in [1.807, 2.05) is 6.07 Å². The van der Waals surface area contributed by atoms with E-state index in [2.05, 4.69) is 17.6 Å². The molecule has 0 saturated heterocycles. The van der Waals surface area contributed by atoms with Gasteiger partial charge in [-0.3, -0.25) is 9.59 Å². The van der Waals surface area contributed by atoms with Gasteiger partial charge in [0.05, 0.1) is 0 Å². The van der Waals surface area contributed by atoms with E-state index >= 15 is 0 Å². The Labute approximate surface area is 114 Å². The molecule has 0 fully saturated rings. The summed E-state index contributed by atoms with van der Waals surface area (Å²) < 4.78 is 0. The van der Waals surface area contributed by atoms with Crippen molar-refractivity contribution in [3.05, 3.63) is 30.3 Å². The standard InChI is InChI=1S/C15H22N2O2/c1-2-3-4-5-9-12-16-14(18)15(19)17-13-10-7-6-8-11-13/h6-8,10-11H,2-5,9,12H2,1H3,(H,16,18)(H,17,19). The maximum Gasteiger partial charge on any atom is 0.313 e. The summed E-state index contributed by atoms with van der Waals surface area (Å²) >= 11 is 0. The highest BCUT2D eigenvalue weighted by molar-refractivity contribution is 6.39. The van der Waals surface area contributed by atoms with E-state index in [4.69, 9.17) is 0 Å². The molecule has 19 heavy (non-hydrogen) atoms. The molecule has 104 valence electrons. The van der Waals surface area contributed by atoms with Gasteiger partial charge in [0.25, 0.3) is 0 Å². The van der Waals surface area contributed by atoms with Crippen molar-refractivity contribution in [2.45, 2.75) is 39.0 Å². The van der Waals surface area contributed by atoms with Gasteiger partial charge in [-0.1, -0.05) is 50.8 Å². The molecular weight excluding hydrogens is 240 g/mol. The number of para-hydroxylation sites is 1. The van der Waals surface area contributed by atoms with Crippen molar-refractivity contribution in [1.29, 1.82) is 0 Å². The summed E-state index contributed by atoms with van der Waals surface area (Å²) in [5, 5.41) is 5.18. The van der Waals surface area contributed by atoms with Crippen LogP contribution in [0.3, 0.4) is 0 Å². The van der Waals surface area contributed by atoms with Crippen LogP contribution in [-0.2, 0) is 9.59 Å². The molecule has 0 heterocycles. The molecule has 1 rings (SSSR count). The van der Waals surface area contributed by atoms with Crippen LogP contribution in [0.2, 0.25) is 0 Å². The second kappa shape index (κ2) is 9.14. The molecule has 0 aliphatic rings. The van der Waals surface area contributed by atoms with Crippen molar-refractivity contribution in [1.82, 2.24) is 5.32 Å². The number of carbonyl (C=O) groups is 2. The predicted octanol–water partition coefficient (Wildman–Crippen LogP) is 2.71. The summed E-state index contributed by atoms with van der Waals surface area (Å²) in [6.45, 7) is 2.72. The molecule has 0 aliphatic heterocycles. The second-order valence-electron chi connectivity index (χ2n) is 4.49. The molecule has 0 unspecified atom stereocenters. The van der Waals surface area contributed by atoms with Crippen molar-refractivity contribution < 1.29 is 9.59 Å². The summed E-state index contributed by atoms with van der Waals surface area (Å²) in [6.07, 6.45) is 5.62. The van der Waals surface area contributed by atoms with Gasteiger partial charge in [-0.15, -0.1) is 0 Å². The molecule has 4 heteroatoms. The Bertz CT molecular complexity index is 390. The minimum Gasteiger partial charge on any atom is -0.348 e. The van der Waals surface area contributed by atoms with Gasteiger partial charge in [-0.2, -0.15) is 0 Å². The van der Waals surface area contributed by atoms with E-state index in [9.17, 15) is 9.59 Å². The van der Waals surface area contributed by atoms with Crippen LogP contribution in [0.25, 0.3) is 0 Å². The van der Waals surface area contributed by atoms with E-state index in [1.165, 1.54) is 19.3 Å². The molecule has 0 aliphatic carbocycles. The number of carbonyl (C=O) groups excluding carboxylic acids is 2. The van der Waals surface area contributed by atoms with Gasteiger partial charge in [0.1, 0.15) is 0 Å². The Morgan fingerprint density at radius 1 is 0.947 bits per heavy atom. The fourth-order valence-corrected chi connectivity index (χ4v) is 1.72. The number of rotatable bonds is 7. The molecule has 0 spiro atoms. The monoisotopic (exact) mass is 262 g/mol. The number of anilines is 1. The average molecular weight is 262 g/mol. The zero-order valence-electron chi connectivity index (χ0n) is 11.4. The third kappa shape index (κ3) is 6.60. The van der Waals surface area contributed by atoms with Crippen molar-refractivity contribution in [3.8, 4) is 0 Å². The Hall–Kier alpha value is -1.84. The van der Waals surface area contributed by atoms with Crippen LogP contribution in [0.15, 0.2) is 30.3 Å². The molecular formula is C15H22N2O2. The lowest BCUT2D eigenvalue weighted by molar-refractivity contribution is -0.136. The Morgan fingerprint density at radius 3 is 2.32 bits per heavy atom. The van der Waals surface area contributed by atoms with Crippen LogP contribution in [0.5, 0.6) is 0 Å². The van der Waals surface area contributed by atoms with Crippen molar-refractivity contribution >= 4 is 17.5 Å². The Balaban J connectivity index is 2.17. The zero-order chi connectivity index (χ0) is 13.9. The first-order chi connectivity index (χ1) is 9.24. The average Bonchev–Trinajstić information content (AvgIpc) is 2.43. The van der Waals surface area contributed by atoms with E-state index in [1.54, 1.807) is 24.3 Å². The van der Waals surface area contributed by atoms with Crippen LogP contribution in [0.4, 0.5) is 5.69 Å². The summed E-state index contributed by atoms with van der Waals surface area (Å²) in [7, 11) is 0. The minimum absolute atomic E-state index is 0.560. The number of hydrogen-bond donors (Lipinski definition) is 2. The third-order valence-electron chi connectivity index (χ3n) is 2.80. The SMILES string of the molecule is CCCCCCCNC(=O)C(=O)Nc1ccccc1. The van der Waals surface area contributed by atoms with Crippen LogP contribution in [-0.4, -0.2) is 18.4 Å². The topological polar surface area (TPSA) is 58.2 Å². The van der Waals surface area contributed by atoms with E-state index in [-0.39, 0.29) is 0 Å². The highest BCUT2D eigenvalue weighted by Crippen LogP contribution is 2.04. The molecule has 0 radical (unpaired) electrons. The fraction of sp³-hybridized carbons (Fsp3) is 0.467. The lowest BCUT2D eigenvalue weighted by atomic mass is 10.1. The lowest BCUT2D eigenvalue weighted by Crippen LogP contribution is -2.35. The van der Waals surface area contributed by atoms with Gasteiger partial charge in [0.2, 0.25) is 0 Å². The number of hydrogen-bond acceptors (Lipinski definition) is 2. The minimum atomic E-state index is -0.611. The highest BCUT2D eigenvalue weighted by atomic mass is 16.2. The third-order valence-corrected chi connectivity index (χ3v) is 2.80. The maximum atomic E-state index is 11.6. The molecule has 1 aromatic carbocycles. The molecule has 0 saturated carbocycles. The Morgan fingerprint density at radius 2 is 1.63 bits per heavy atom. The van der Waals surface area contributed by atoms with Crippen molar-refractivity contribution in [2.24, 2.45) is 0 Å². The molecule has 0 atom stereocenters. The van der Waals surface area contributed by atoms with Gasteiger partial charge in [-0.25, -0.2) is 0 Å². The first-order valence-electron chi connectivity index (χ1n) is 6.88. The summed E-state index contributed by atoms with van der Waals surface area (Å²) in [5.41, 5.74) is 0.630. The van der Waals surface area contributed by atoms with Crippen molar-refractivity contribution in [3.63, 3.8) is 0 Å². The highest BCUT2D eigenvalue weighted by Gasteiger charge is 2.12. The van der Waals surface area contributed by atoms with Gasteiger partial charge in [0.15, 0.2) is 0 Å². The number of nitrogens with one attached hydrogen (secondary N) is 2. The first-order valence-corrected chi connectivity index (χ1v) is 6.88. The van der Waals surface area contributed by atoms with Gasteiger partial charge >= 0.3 is 11.8 Å². The molecule has 0 bridgehead atoms. The van der Waals surface area contributed by atoms with E-state index < -0.39 is 11.8 Å². The smallest absolute Gasteiger partial charge is 0.313 e.